The maximum Gasteiger partial charge on any atom is 0.244 e. The Bertz CT molecular complexity index is 1070. The Hall–Kier alpha value is -2.08. The van der Waals surface area contributed by atoms with Crippen molar-refractivity contribution in [3.05, 3.63) is 48.3 Å². The highest BCUT2D eigenvalue weighted by atomic mass is 32.2. The molecule has 2 aliphatic rings. The van der Waals surface area contributed by atoms with E-state index in [2.05, 4.69) is 10.0 Å². The molecule has 2 aromatic carbocycles. The minimum Gasteiger partial charge on any atom is -0.492 e. The number of halogens is 1. The summed E-state index contributed by atoms with van der Waals surface area (Å²) in [5.74, 6) is -0.420. The number of benzene rings is 2. The van der Waals surface area contributed by atoms with E-state index >= 15 is 0 Å². The molecule has 1 aliphatic carbocycles. The highest BCUT2D eigenvalue weighted by Crippen LogP contribution is 2.40. The van der Waals surface area contributed by atoms with E-state index in [1.54, 1.807) is 18.2 Å². The second kappa shape index (κ2) is 9.05. The molecule has 8 nitrogen and oxygen atoms in total. The second-order valence-corrected chi connectivity index (χ2v) is 10.3. The third-order valence-corrected chi connectivity index (χ3v) is 7.53. The van der Waals surface area contributed by atoms with Crippen LogP contribution in [-0.2, 0) is 10.0 Å². The Morgan fingerprint density at radius 2 is 1.75 bits per heavy atom. The first-order valence-corrected chi connectivity index (χ1v) is 11.9. The topological polar surface area (TPSA) is 128 Å². The first-order valence-electron chi connectivity index (χ1n) is 10.5. The average molecular weight is 467 g/mol. The normalized spacial score (nSPS) is 30.7. The van der Waals surface area contributed by atoms with E-state index in [-0.39, 0.29) is 43.2 Å². The van der Waals surface area contributed by atoms with Crippen molar-refractivity contribution in [3.8, 4) is 16.9 Å². The fraction of sp³-hybridized carbons (Fsp3) is 0.455. The molecule has 0 aromatic heterocycles. The molecule has 5 N–H and O–H groups in total. The maximum absolute atomic E-state index is 14.3. The predicted molar refractivity (Wildman–Crippen MR) is 115 cm³/mol. The summed E-state index contributed by atoms with van der Waals surface area (Å²) in [6.07, 6.45) is -2.31. The molecule has 0 saturated heterocycles. The van der Waals surface area contributed by atoms with Crippen LogP contribution in [-0.4, -0.2) is 68.3 Å². The zero-order valence-corrected chi connectivity index (χ0v) is 18.2. The van der Waals surface area contributed by atoms with Crippen LogP contribution in [0.3, 0.4) is 0 Å². The Balaban J connectivity index is 1.75. The van der Waals surface area contributed by atoms with Gasteiger partial charge in [0.15, 0.2) is 0 Å². The van der Waals surface area contributed by atoms with Gasteiger partial charge in [0.1, 0.15) is 16.5 Å². The molecule has 1 spiro atoms. The number of fused-ring (bicyclic) bond motifs is 1. The van der Waals surface area contributed by atoms with Crippen molar-refractivity contribution < 1.29 is 32.9 Å². The summed E-state index contributed by atoms with van der Waals surface area (Å²) < 4.78 is 48.5. The van der Waals surface area contributed by atoms with Gasteiger partial charge in [0.2, 0.25) is 10.0 Å². The highest BCUT2D eigenvalue weighted by molar-refractivity contribution is 7.89. The van der Waals surface area contributed by atoms with Crippen molar-refractivity contribution in [2.45, 2.75) is 36.0 Å². The number of aliphatic hydroxyl groups excluding tert-OH is 3. The van der Waals surface area contributed by atoms with Crippen LogP contribution in [0.5, 0.6) is 5.75 Å². The van der Waals surface area contributed by atoms with Gasteiger partial charge in [-0.1, -0.05) is 24.3 Å². The summed E-state index contributed by atoms with van der Waals surface area (Å²) >= 11 is 0. The molecule has 10 heteroatoms. The number of β-amino-alcohol motifs (C(OH)–C–C–N with tert-alkyl or cyclic N) is 1. The van der Waals surface area contributed by atoms with E-state index in [1.165, 1.54) is 24.3 Å². The zero-order chi connectivity index (χ0) is 22.9. The highest BCUT2D eigenvalue weighted by Gasteiger charge is 2.45. The van der Waals surface area contributed by atoms with E-state index in [9.17, 15) is 28.1 Å². The Labute approximate surface area is 186 Å². The molecule has 0 amide bonds. The van der Waals surface area contributed by atoms with Gasteiger partial charge >= 0.3 is 0 Å². The lowest BCUT2D eigenvalue weighted by atomic mass is 9.86. The summed E-state index contributed by atoms with van der Waals surface area (Å²) in [7, 11) is -4.02. The van der Waals surface area contributed by atoms with Crippen LogP contribution in [0.25, 0.3) is 11.1 Å². The van der Waals surface area contributed by atoms with Gasteiger partial charge in [0.05, 0.1) is 24.9 Å². The van der Waals surface area contributed by atoms with Crippen LogP contribution in [0, 0.1) is 11.2 Å². The van der Waals surface area contributed by atoms with Gasteiger partial charge in [-0.25, -0.2) is 17.5 Å². The third kappa shape index (κ3) is 4.80. The van der Waals surface area contributed by atoms with E-state index in [0.717, 1.165) is 0 Å². The predicted octanol–water partition coefficient (Wildman–Crippen LogP) is 0.616. The van der Waals surface area contributed by atoms with E-state index < -0.39 is 39.6 Å². The minimum atomic E-state index is -4.02. The molecule has 0 radical (unpaired) electrons. The largest absolute Gasteiger partial charge is 0.492 e. The number of sulfonamides is 1. The lowest BCUT2D eigenvalue weighted by molar-refractivity contribution is 0.0438. The van der Waals surface area contributed by atoms with Crippen molar-refractivity contribution in [1.82, 2.24) is 10.0 Å². The van der Waals surface area contributed by atoms with Crippen LogP contribution >= 0.6 is 0 Å². The van der Waals surface area contributed by atoms with Crippen LogP contribution < -0.4 is 14.8 Å². The summed E-state index contributed by atoms with van der Waals surface area (Å²) in [6.45, 7) is 0.304. The standard InChI is InChI=1S/C22H27FN2O6S/c23-17-4-2-1-3-16(17)14-5-6-21-20(7-14)31-13-22(8-18(27)19(28)9-22)12-24-10-15(26)11-25-32(21,29)30/h1-7,15,18-19,24-28H,8-13H2/t15-,18-,19+,22?/m1/s1. The van der Waals surface area contributed by atoms with Crippen LogP contribution in [0.1, 0.15) is 12.8 Å². The molecule has 0 bridgehead atoms. The Morgan fingerprint density at radius 3 is 2.47 bits per heavy atom. The zero-order valence-electron chi connectivity index (χ0n) is 17.4. The number of hydrogen-bond donors (Lipinski definition) is 5. The molecule has 4 atom stereocenters. The summed E-state index contributed by atoms with van der Waals surface area (Å²) in [6, 6.07) is 10.5. The number of nitrogens with one attached hydrogen (secondary N) is 2. The van der Waals surface area contributed by atoms with Gasteiger partial charge in [0.25, 0.3) is 0 Å². The van der Waals surface area contributed by atoms with Gasteiger partial charge in [-0.15, -0.1) is 0 Å². The number of ether oxygens (including phenoxy) is 1. The molecule has 2 aromatic rings. The third-order valence-electron chi connectivity index (χ3n) is 6.07. The van der Waals surface area contributed by atoms with E-state index in [4.69, 9.17) is 4.74 Å². The molecule has 4 rings (SSSR count). The maximum atomic E-state index is 14.3. The number of hydrogen-bond acceptors (Lipinski definition) is 7. The monoisotopic (exact) mass is 466 g/mol. The smallest absolute Gasteiger partial charge is 0.244 e. The Morgan fingerprint density at radius 1 is 1.03 bits per heavy atom. The van der Waals surface area contributed by atoms with E-state index in [0.29, 0.717) is 17.7 Å². The van der Waals surface area contributed by atoms with Crippen LogP contribution in [0.2, 0.25) is 0 Å². The van der Waals surface area contributed by atoms with Crippen LogP contribution in [0.15, 0.2) is 47.4 Å². The molecule has 1 unspecified atom stereocenters. The lowest BCUT2D eigenvalue weighted by Crippen LogP contribution is -2.44. The summed E-state index contributed by atoms with van der Waals surface area (Å²) in [4.78, 5) is -0.132. The molecular weight excluding hydrogens is 439 g/mol. The molecular formula is C22H27FN2O6S. The van der Waals surface area contributed by atoms with Crippen molar-refractivity contribution in [2.75, 3.05) is 26.2 Å². The SMILES string of the molecule is O=S1(=O)NC[C@H](O)CNCC2(COc3cc(-c4ccccc4F)ccc31)C[C@@H](O)[C@@H](O)C2. The van der Waals surface area contributed by atoms with Crippen molar-refractivity contribution in [1.29, 1.82) is 0 Å². The van der Waals surface area contributed by atoms with Gasteiger partial charge in [-0.2, -0.15) is 0 Å². The fourth-order valence-corrected chi connectivity index (χ4v) is 5.55. The minimum absolute atomic E-state index is 0.0213. The molecule has 174 valence electrons. The van der Waals surface area contributed by atoms with Crippen LogP contribution in [0.4, 0.5) is 4.39 Å². The van der Waals surface area contributed by atoms with Crippen molar-refractivity contribution in [2.24, 2.45) is 5.41 Å². The average Bonchev–Trinajstić information content (AvgIpc) is 3.04. The number of aliphatic hydroxyl groups is 3. The van der Waals surface area contributed by atoms with Gasteiger partial charge in [-0.3, -0.25) is 0 Å². The Kier molecular flexibility index (Phi) is 6.53. The van der Waals surface area contributed by atoms with Gasteiger partial charge in [0, 0.05) is 30.6 Å². The molecule has 1 aliphatic heterocycles. The molecule has 1 saturated carbocycles. The lowest BCUT2D eigenvalue weighted by Gasteiger charge is -2.31. The fourth-order valence-electron chi connectivity index (χ4n) is 4.35. The van der Waals surface area contributed by atoms with Crippen molar-refractivity contribution in [3.63, 3.8) is 0 Å². The molecule has 32 heavy (non-hydrogen) atoms. The molecule has 1 heterocycles. The summed E-state index contributed by atoms with van der Waals surface area (Å²) in [5, 5.41) is 33.5. The molecule has 1 fully saturated rings. The second-order valence-electron chi connectivity index (χ2n) is 8.61. The quantitative estimate of drug-likeness (QED) is 0.417. The van der Waals surface area contributed by atoms with Gasteiger partial charge < -0.3 is 25.4 Å². The first kappa shape index (κ1) is 23.1. The van der Waals surface area contributed by atoms with Crippen molar-refractivity contribution >= 4 is 10.0 Å². The first-order chi connectivity index (χ1) is 15.2. The number of rotatable bonds is 1. The van der Waals surface area contributed by atoms with Gasteiger partial charge in [-0.05, 0) is 36.6 Å². The summed E-state index contributed by atoms with van der Waals surface area (Å²) in [5.41, 5.74) is 0.0805. The van der Waals surface area contributed by atoms with E-state index in [1.807, 2.05) is 0 Å².